The van der Waals surface area contributed by atoms with Gasteiger partial charge in [0.25, 0.3) is 0 Å². The summed E-state index contributed by atoms with van der Waals surface area (Å²) in [7, 11) is 1.37. The van der Waals surface area contributed by atoms with E-state index in [0.717, 1.165) is 37.2 Å². The zero-order valence-corrected chi connectivity index (χ0v) is 14.0. The summed E-state index contributed by atoms with van der Waals surface area (Å²) in [6, 6.07) is 5.18. The minimum atomic E-state index is -0.665. The molecule has 0 unspecified atom stereocenters. The second-order valence-electron chi connectivity index (χ2n) is 6.94. The number of hydrogen-bond acceptors (Lipinski definition) is 5. The van der Waals surface area contributed by atoms with Crippen molar-refractivity contribution >= 4 is 5.97 Å². The lowest BCUT2D eigenvalue weighted by Crippen LogP contribution is -2.54. The largest absolute Gasteiger partial charge is 0.485 e. The van der Waals surface area contributed by atoms with Gasteiger partial charge in [0.15, 0.2) is 0 Å². The Morgan fingerprint density at radius 2 is 2.00 bits per heavy atom. The Kier molecular flexibility index (Phi) is 4.34. The molecule has 0 spiro atoms. The average Bonchev–Trinajstić information content (AvgIpc) is 2.55. The van der Waals surface area contributed by atoms with Crippen LogP contribution in [0.2, 0.25) is 0 Å². The van der Waals surface area contributed by atoms with Gasteiger partial charge in [0.2, 0.25) is 0 Å². The Labute approximate surface area is 137 Å². The van der Waals surface area contributed by atoms with Gasteiger partial charge in [-0.2, -0.15) is 0 Å². The molecule has 0 aliphatic carbocycles. The van der Waals surface area contributed by atoms with Gasteiger partial charge in [0.1, 0.15) is 17.5 Å². The maximum Gasteiger partial charge on any atom is 0.337 e. The number of rotatable bonds is 2. The number of methoxy groups -OCH3 is 1. The highest BCUT2D eigenvalue weighted by atomic mass is 16.5. The number of nitrogens with zero attached hydrogens (tertiary/aromatic N) is 1. The van der Waals surface area contributed by atoms with Crippen molar-refractivity contribution in [1.29, 1.82) is 0 Å². The number of ether oxygens (including phenoxy) is 2. The number of carbonyl (C=O) groups is 1. The molecule has 2 atom stereocenters. The van der Waals surface area contributed by atoms with Gasteiger partial charge < -0.3 is 14.6 Å². The molecule has 126 valence electrons. The minimum Gasteiger partial charge on any atom is -0.485 e. The Balaban J connectivity index is 2.04. The fraction of sp³-hybridized carbons (Fsp3) is 0.611. The molecule has 0 radical (unpaired) electrons. The molecule has 2 aliphatic rings. The van der Waals surface area contributed by atoms with Crippen LogP contribution in [0.3, 0.4) is 0 Å². The quantitative estimate of drug-likeness (QED) is 0.849. The number of piperidine rings is 1. The van der Waals surface area contributed by atoms with Crippen LogP contribution in [0.15, 0.2) is 18.2 Å². The van der Waals surface area contributed by atoms with Crippen LogP contribution < -0.4 is 4.74 Å². The summed E-state index contributed by atoms with van der Waals surface area (Å²) in [5.41, 5.74) is 0.701. The molecule has 1 saturated heterocycles. The molecule has 0 amide bonds. The second-order valence-corrected chi connectivity index (χ2v) is 6.94. The van der Waals surface area contributed by atoms with Crippen molar-refractivity contribution < 1.29 is 19.4 Å². The predicted molar refractivity (Wildman–Crippen MR) is 86.7 cm³/mol. The van der Waals surface area contributed by atoms with Crippen molar-refractivity contribution in [2.45, 2.75) is 50.9 Å². The van der Waals surface area contributed by atoms with Crippen molar-refractivity contribution in [3.05, 3.63) is 29.3 Å². The van der Waals surface area contributed by atoms with Crippen molar-refractivity contribution in [1.82, 2.24) is 4.90 Å². The Morgan fingerprint density at radius 1 is 1.30 bits per heavy atom. The maximum absolute atomic E-state index is 11.9. The highest BCUT2D eigenvalue weighted by Crippen LogP contribution is 2.44. The number of benzene rings is 1. The summed E-state index contributed by atoms with van der Waals surface area (Å²) >= 11 is 0. The molecule has 0 saturated carbocycles. The highest BCUT2D eigenvalue weighted by Gasteiger charge is 2.45. The van der Waals surface area contributed by atoms with Gasteiger partial charge in [-0.15, -0.1) is 0 Å². The summed E-state index contributed by atoms with van der Waals surface area (Å²) in [5, 5.41) is 10.9. The summed E-state index contributed by atoms with van der Waals surface area (Å²) in [5.74, 6) is 0.369. The lowest BCUT2D eigenvalue weighted by atomic mass is 9.84. The van der Waals surface area contributed by atoms with E-state index in [0.29, 0.717) is 5.56 Å². The van der Waals surface area contributed by atoms with Crippen LogP contribution in [0.1, 0.15) is 55.1 Å². The number of aliphatic hydroxyl groups is 1. The Hall–Kier alpha value is -1.59. The first-order valence-electron chi connectivity index (χ1n) is 8.27. The van der Waals surface area contributed by atoms with E-state index in [2.05, 4.69) is 4.90 Å². The van der Waals surface area contributed by atoms with Gasteiger partial charge in [0.05, 0.1) is 18.7 Å². The smallest absolute Gasteiger partial charge is 0.337 e. The van der Waals surface area contributed by atoms with E-state index in [-0.39, 0.29) is 12.0 Å². The van der Waals surface area contributed by atoms with Crippen molar-refractivity contribution in [2.24, 2.45) is 0 Å². The number of carbonyl (C=O) groups excluding carboxylic acids is 1. The van der Waals surface area contributed by atoms with Crippen LogP contribution in [-0.2, 0) is 4.74 Å². The van der Waals surface area contributed by atoms with Crippen LogP contribution in [-0.4, -0.2) is 47.9 Å². The maximum atomic E-state index is 11.9. The first-order chi connectivity index (χ1) is 10.9. The summed E-state index contributed by atoms with van der Waals surface area (Å²) in [6.07, 6.45) is 2.85. The third-order valence-electron chi connectivity index (χ3n) is 4.92. The fourth-order valence-corrected chi connectivity index (χ4v) is 3.60. The van der Waals surface area contributed by atoms with Gasteiger partial charge >= 0.3 is 5.97 Å². The molecule has 1 N–H and O–H groups in total. The molecular weight excluding hydrogens is 294 g/mol. The molecule has 1 fully saturated rings. The van der Waals surface area contributed by atoms with Crippen molar-refractivity contribution in [2.75, 3.05) is 20.2 Å². The molecule has 0 aromatic heterocycles. The normalized spacial score (nSPS) is 27.0. The van der Waals surface area contributed by atoms with Crippen LogP contribution in [0.25, 0.3) is 0 Å². The highest BCUT2D eigenvalue weighted by molar-refractivity contribution is 5.89. The molecule has 2 aliphatic heterocycles. The monoisotopic (exact) mass is 319 g/mol. The molecule has 3 rings (SSSR count). The van der Waals surface area contributed by atoms with E-state index < -0.39 is 11.7 Å². The number of esters is 1. The van der Waals surface area contributed by atoms with Crippen LogP contribution in [0.5, 0.6) is 5.75 Å². The molecule has 1 aromatic rings. The molecular formula is C18H25NO4. The van der Waals surface area contributed by atoms with Crippen LogP contribution in [0, 0.1) is 0 Å². The van der Waals surface area contributed by atoms with E-state index in [1.54, 1.807) is 12.1 Å². The molecule has 5 nitrogen and oxygen atoms in total. The topological polar surface area (TPSA) is 59.0 Å². The average molecular weight is 319 g/mol. The van der Waals surface area contributed by atoms with E-state index >= 15 is 0 Å². The molecule has 23 heavy (non-hydrogen) atoms. The van der Waals surface area contributed by atoms with Gasteiger partial charge in [-0.3, -0.25) is 4.90 Å². The second kappa shape index (κ2) is 6.13. The van der Waals surface area contributed by atoms with Crippen molar-refractivity contribution in [3.8, 4) is 5.75 Å². The third kappa shape index (κ3) is 2.95. The molecule has 0 bridgehead atoms. The molecule has 1 aromatic carbocycles. The fourth-order valence-electron chi connectivity index (χ4n) is 3.60. The number of aliphatic hydroxyl groups excluding tert-OH is 1. The van der Waals surface area contributed by atoms with Crippen molar-refractivity contribution in [3.63, 3.8) is 0 Å². The first kappa shape index (κ1) is 16.3. The zero-order valence-electron chi connectivity index (χ0n) is 14.0. The Morgan fingerprint density at radius 3 is 2.65 bits per heavy atom. The molecule has 5 heteroatoms. The van der Waals surface area contributed by atoms with Crippen LogP contribution in [0.4, 0.5) is 0 Å². The number of fused-ring (bicyclic) bond motifs is 1. The SMILES string of the molecule is COC(=O)c1ccc2c(c1)[C@@H](N1CCCCC1)[C@H](O)C(C)(C)O2. The lowest BCUT2D eigenvalue weighted by Gasteiger charge is -2.47. The van der Waals surface area contributed by atoms with E-state index in [4.69, 9.17) is 9.47 Å². The standard InChI is InChI=1S/C18H25NO4/c1-18(2)16(20)15(19-9-5-4-6-10-19)13-11-12(17(21)22-3)7-8-14(13)23-18/h7-8,11,15-16,20H,4-6,9-10H2,1-3H3/t15-,16+/m1/s1. The molecule has 2 heterocycles. The van der Waals surface area contributed by atoms with E-state index in [1.165, 1.54) is 13.5 Å². The third-order valence-corrected chi connectivity index (χ3v) is 4.92. The predicted octanol–water partition coefficient (Wildman–Crippen LogP) is 2.53. The number of hydrogen-bond donors (Lipinski definition) is 1. The first-order valence-corrected chi connectivity index (χ1v) is 8.27. The van der Waals surface area contributed by atoms with Gasteiger partial charge in [0, 0.05) is 5.56 Å². The summed E-state index contributed by atoms with van der Waals surface area (Å²) < 4.78 is 10.8. The minimum absolute atomic E-state index is 0.154. The van der Waals surface area contributed by atoms with Gasteiger partial charge in [-0.1, -0.05) is 6.42 Å². The zero-order chi connectivity index (χ0) is 16.6. The summed E-state index contributed by atoms with van der Waals surface area (Å²) in [6.45, 7) is 5.73. The van der Waals surface area contributed by atoms with E-state index in [1.807, 2.05) is 19.9 Å². The van der Waals surface area contributed by atoms with E-state index in [9.17, 15) is 9.90 Å². The summed E-state index contributed by atoms with van der Waals surface area (Å²) in [4.78, 5) is 14.2. The van der Waals surface area contributed by atoms with Crippen LogP contribution >= 0.6 is 0 Å². The Bertz CT molecular complexity index is 593. The lowest BCUT2D eigenvalue weighted by molar-refractivity contribution is -0.0961. The van der Waals surface area contributed by atoms with Gasteiger partial charge in [-0.05, 0) is 58.0 Å². The number of likely N-dealkylation sites (tertiary alicyclic amines) is 1. The van der Waals surface area contributed by atoms with Gasteiger partial charge in [-0.25, -0.2) is 4.79 Å².